The van der Waals surface area contributed by atoms with Crippen LogP contribution >= 0.6 is 23.1 Å². The topological polar surface area (TPSA) is 42.4 Å². The van der Waals surface area contributed by atoms with Crippen molar-refractivity contribution < 1.29 is 9.53 Å². The zero-order chi connectivity index (χ0) is 20.4. The Labute approximate surface area is 180 Å². The van der Waals surface area contributed by atoms with Crippen molar-refractivity contribution >= 4 is 44.4 Å². The van der Waals surface area contributed by atoms with Crippen LogP contribution in [0.2, 0.25) is 0 Å². The molecule has 1 saturated heterocycles. The van der Waals surface area contributed by atoms with E-state index < -0.39 is 0 Å². The minimum atomic E-state index is -0.0163. The minimum absolute atomic E-state index is 0.0163. The summed E-state index contributed by atoms with van der Waals surface area (Å²) in [5.41, 5.74) is 2.82. The lowest BCUT2D eigenvalue weighted by molar-refractivity contribution is 0.0917. The summed E-state index contributed by atoms with van der Waals surface area (Å²) in [7, 11) is 0. The molecule has 1 amide bonds. The fraction of sp³-hybridized carbons (Fsp3) is 0.391. The molecule has 0 radical (unpaired) electrons. The number of amides is 1. The molecule has 4 nitrogen and oxygen atoms in total. The Morgan fingerprint density at radius 3 is 2.76 bits per heavy atom. The first-order valence-electron chi connectivity index (χ1n) is 10.1. The Morgan fingerprint density at radius 1 is 1.28 bits per heavy atom. The molecule has 1 atom stereocenters. The van der Waals surface area contributed by atoms with Crippen molar-refractivity contribution in [2.24, 2.45) is 0 Å². The highest BCUT2D eigenvalue weighted by Crippen LogP contribution is 2.32. The van der Waals surface area contributed by atoms with Gasteiger partial charge in [0.15, 0.2) is 5.13 Å². The molecule has 6 heteroatoms. The fourth-order valence-corrected chi connectivity index (χ4v) is 5.39. The lowest BCUT2D eigenvalue weighted by atomic mass is 10.2. The lowest BCUT2D eigenvalue weighted by Gasteiger charge is -2.23. The number of anilines is 1. The van der Waals surface area contributed by atoms with Gasteiger partial charge in [-0.1, -0.05) is 31.3 Å². The SMILES string of the molecule is Cc1ccc2nc(N(CC3CCCO3)C(=O)c3ccc(SC(C)C)cc3)sc2c1. The summed E-state index contributed by atoms with van der Waals surface area (Å²) in [6.07, 6.45) is 2.11. The van der Waals surface area contributed by atoms with Gasteiger partial charge in [-0.25, -0.2) is 4.98 Å². The van der Waals surface area contributed by atoms with E-state index in [0.717, 1.165) is 34.8 Å². The van der Waals surface area contributed by atoms with Crippen molar-refractivity contribution in [3.63, 3.8) is 0 Å². The highest BCUT2D eigenvalue weighted by atomic mass is 32.2. The number of carbonyl (C=O) groups is 1. The molecule has 1 aliphatic heterocycles. The molecule has 2 aromatic carbocycles. The van der Waals surface area contributed by atoms with Gasteiger partial charge in [-0.05, 0) is 61.7 Å². The number of thiazole rings is 1. The van der Waals surface area contributed by atoms with E-state index in [-0.39, 0.29) is 12.0 Å². The van der Waals surface area contributed by atoms with Gasteiger partial charge >= 0.3 is 0 Å². The molecular weight excluding hydrogens is 400 g/mol. The van der Waals surface area contributed by atoms with E-state index in [1.807, 2.05) is 30.3 Å². The average molecular weight is 427 g/mol. The van der Waals surface area contributed by atoms with Crippen LogP contribution in [0.3, 0.4) is 0 Å². The van der Waals surface area contributed by atoms with Crippen molar-refractivity contribution in [3.05, 3.63) is 53.6 Å². The van der Waals surface area contributed by atoms with Gasteiger partial charge in [0.05, 0.1) is 22.9 Å². The number of fused-ring (bicyclic) bond motifs is 1. The third kappa shape index (κ3) is 4.82. The third-order valence-electron chi connectivity index (χ3n) is 4.89. The molecule has 0 aliphatic carbocycles. The molecule has 0 N–H and O–H groups in total. The van der Waals surface area contributed by atoms with Crippen LogP contribution in [0.25, 0.3) is 10.2 Å². The molecule has 1 unspecified atom stereocenters. The molecule has 2 heterocycles. The first-order chi connectivity index (χ1) is 14.0. The lowest BCUT2D eigenvalue weighted by Crippen LogP contribution is -2.37. The molecule has 0 saturated carbocycles. The van der Waals surface area contributed by atoms with Crippen molar-refractivity contribution in [1.82, 2.24) is 4.98 Å². The van der Waals surface area contributed by atoms with Gasteiger partial charge < -0.3 is 4.74 Å². The van der Waals surface area contributed by atoms with E-state index in [2.05, 4.69) is 32.9 Å². The monoisotopic (exact) mass is 426 g/mol. The minimum Gasteiger partial charge on any atom is -0.376 e. The average Bonchev–Trinajstić information content (AvgIpc) is 3.34. The number of benzene rings is 2. The Bertz CT molecular complexity index is 992. The van der Waals surface area contributed by atoms with E-state index >= 15 is 0 Å². The van der Waals surface area contributed by atoms with Crippen molar-refractivity contribution in [2.45, 2.75) is 49.9 Å². The van der Waals surface area contributed by atoms with Crippen LogP contribution in [0, 0.1) is 6.92 Å². The predicted molar refractivity (Wildman–Crippen MR) is 122 cm³/mol. The normalized spacial score (nSPS) is 16.6. The number of ether oxygens (including phenoxy) is 1. The Hall–Kier alpha value is -1.89. The maximum Gasteiger partial charge on any atom is 0.260 e. The van der Waals surface area contributed by atoms with Crippen molar-refractivity contribution in [1.29, 1.82) is 0 Å². The molecule has 0 spiro atoms. The third-order valence-corrected chi connectivity index (χ3v) is 6.95. The second-order valence-electron chi connectivity index (χ2n) is 7.71. The van der Waals surface area contributed by atoms with Gasteiger partial charge in [-0.3, -0.25) is 9.69 Å². The number of nitrogens with zero attached hydrogens (tertiary/aromatic N) is 2. The summed E-state index contributed by atoms with van der Waals surface area (Å²) >= 11 is 3.37. The Balaban J connectivity index is 1.64. The highest BCUT2D eigenvalue weighted by Gasteiger charge is 2.27. The van der Waals surface area contributed by atoms with E-state index in [4.69, 9.17) is 9.72 Å². The second-order valence-corrected chi connectivity index (χ2v) is 10.4. The first-order valence-corrected chi connectivity index (χ1v) is 11.8. The highest BCUT2D eigenvalue weighted by molar-refractivity contribution is 7.99. The summed E-state index contributed by atoms with van der Waals surface area (Å²) in [6, 6.07) is 14.1. The van der Waals surface area contributed by atoms with Gasteiger partial charge in [-0.2, -0.15) is 0 Å². The van der Waals surface area contributed by atoms with Crippen molar-refractivity contribution in [3.8, 4) is 0 Å². The van der Waals surface area contributed by atoms with E-state index in [0.29, 0.717) is 17.4 Å². The summed E-state index contributed by atoms with van der Waals surface area (Å²) in [6.45, 7) is 7.72. The number of hydrogen-bond donors (Lipinski definition) is 0. The van der Waals surface area contributed by atoms with E-state index in [1.54, 1.807) is 28.0 Å². The van der Waals surface area contributed by atoms with Crippen LogP contribution in [-0.2, 0) is 4.74 Å². The molecule has 1 aromatic heterocycles. The van der Waals surface area contributed by atoms with Crippen LogP contribution in [-0.4, -0.2) is 35.4 Å². The standard InChI is InChI=1S/C23H26N2O2S2/c1-15(2)28-19-9-7-17(8-10-19)22(26)25(14-18-5-4-12-27-18)23-24-20-11-6-16(3)13-21(20)29-23/h6-11,13,15,18H,4-5,12,14H2,1-3H3. The van der Waals surface area contributed by atoms with E-state index in [9.17, 15) is 4.79 Å². The van der Waals surface area contributed by atoms with Gasteiger partial charge in [-0.15, -0.1) is 11.8 Å². The van der Waals surface area contributed by atoms with Crippen LogP contribution in [0.4, 0.5) is 5.13 Å². The van der Waals surface area contributed by atoms with Crippen LogP contribution < -0.4 is 4.90 Å². The molecule has 3 aromatic rings. The van der Waals surface area contributed by atoms with Crippen LogP contribution in [0.5, 0.6) is 0 Å². The zero-order valence-electron chi connectivity index (χ0n) is 17.1. The van der Waals surface area contributed by atoms with Crippen molar-refractivity contribution in [2.75, 3.05) is 18.1 Å². The number of aryl methyl sites for hydroxylation is 1. The largest absolute Gasteiger partial charge is 0.376 e. The Morgan fingerprint density at radius 2 is 2.07 bits per heavy atom. The molecule has 4 rings (SSSR count). The number of rotatable bonds is 6. The van der Waals surface area contributed by atoms with Gasteiger partial charge in [0.2, 0.25) is 0 Å². The van der Waals surface area contributed by atoms with E-state index in [1.165, 1.54) is 10.5 Å². The molecule has 152 valence electrons. The van der Waals surface area contributed by atoms with Gasteiger partial charge in [0, 0.05) is 22.3 Å². The van der Waals surface area contributed by atoms with Gasteiger partial charge in [0.1, 0.15) is 0 Å². The van der Waals surface area contributed by atoms with Crippen LogP contribution in [0.15, 0.2) is 47.4 Å². The summed E-state index contributed by atoms with van der Waals surface area (Å²) in [4.78, 5) is 21.2. The smallest absolute Gasteiger partial charge is 0.260 e. The molecule has 29 heavy (non-hydrogen) atoms. The summed E-state index contributed by atoms with van der Waals surface area (Å²) in [5, 5.41) is 1.26. The molecular formula is C23H26N2O2S2. The number of carbonyl (C=O) groups excluding carboxylic acids is 1. The second kappa shape index (κ2) is 8.86. The van der Waals surface area contributed by atoms with Crippen LogP contribution in [0.1, 0.15) is 42.6 Å². The molecule has 1 aliphatic rings. The summed E-state index contributed by atoms with van der Waals surface area (Å²) in [5.74, 6) is -0.0163. The maximum absolute atomic E-state index is 13.4. The number of aromatic nitrogens is 1. The molecule has 0 bridgehead atoms. The fourth-order valence-electron chi connectivity index (χ4n) is 3.48. The number of thioether (sulfide) groups is 1. The summed E-state index contributed by atoms with van der Waals surface area (Å²) < 4.78 is 6.93. The molecule has 1 fully saturated rings. The van der Waals surface area contributed by atoms with Gasteiger partial charge in [0.25, 0.3) is 5.91 Å². The first kappa shape index (κ1) is 20.4. The maximum atomic E-state index is 13.4. The zero-order valence-corrected chi connectivity index (χ0v) is 18.7. The number of hydrogen-bond acceptors (Lipinski definition) is 5. The Kier molecular flexibility index (Phi) is 6.23. The quantitative estimate of drug-likeness (QED) is 0.458. The predicted octanol–water partition coefficient (Wildman–Crippen LogP) is 5.93.